The Hall–Kier alpha value is -1.80. The Morgan fingerprint density at radius 1 is 1.05 bits per heavy atom. The zero-order valence-electron chi connectivity index (χ0n) is 12.7. The minimum atomic E-state index is -0.414. The first-order valence-electron chi connectivity index (χ1n) is 7.20. The number of aliphatic hydroxyl groups excluding tert-OH is 1. The van der Waals surface area contributed by atoms with Crippen LogP contribution in [0, 0.1) is 6.92 Å². The predicted molar refractivity (Wildman–Crippen MR) is 84.9 cm³/mol. The summed E-state index contributed by atoms with van der Waals surface area (Å²) >= 11 is 0. The Kier molecular flexibility index (Phi) is 6.26. The minimum Gasteiger partial charge on any atom is -0.508 e. The van der Waals surface area contributed by atoms with Gasteiger partial charge in [0.1, 0.15) is 5.75 Å². The normalized spacial score (nSPS) is 11.4. The van der Waals surface area contributed by atoms with Gasteiger partial charge in [0.25, 0.3) is 0 Å². The first kappa shape index (κ1) is 16.3. The van der Waals surface area contributed by atoms with Crippen LogP contribution in [0.2, 0.25) is 0 Å². The smallest absolute Gasteiger partial charge is 0.115 e. The van der Waals surface area contributed by atoms with Gasteiger partial charge in [-0.15, -0.1) is 0 Å². The molecule has 2 aromatic rings. The highest BCUT2D eigenvalue weighted by Crippen LogP contribution is 2.28. The van der Waals surface area contributed by atoms with Gasteiger partial charge in [-0.25, -0.2) is 0 Å². The lowest BCUT2D eigenvalue weighted by atomic mass is 9.96. The molecule has 0 spiro atoms. The summed E-state index contributed by atoms with van der Waals surface area (Å²) in [6.07, 6.45) is 0.292. The van der Waals surface area contributed by atoms with Crippen LogP contribution in [0.4, 0.5) is 0 Å². The molecule has 0 aliphatic rings. The molecule has 0 saturated heterocycles. The second-order valence-corrected chi connectivity index (χ2v) is 4.55. The van der Waals surface area contributed by atoms with E-state index in [1.807, 2.05) is 58.0 Å². The fourth-order valence-corrected chi connectivity index (χ4v) is 2.12. The van der Waals surface area contributed by atoms with Gasteiger partial charge in [-0.2, -0.15) is 0 Å². The van der Waals surface area contributed by atoms with Crippen LogP contribution in [0.1, 0.15) is 44.4 Å². The SMILES string of the molecule is CC.CCC(O)c1cccc(-c2ccc(O)cc2C)c1. The van der Waals surface area contributed by atoms with Crippen LogP contribution in [0.25, 0.3) is 11.1 Å². The van der Waals surface area contributed by atoms with Crippen molar-refractivity contribution in [3.63, 3.8) is 0 Å². The van der Waals surface area contributed by atoms with E-state index in [2.05, 4.69) is 0 Å². The van der Waals surface area contributed by atoms with E-state index in [9.17, 15) is 10.2 Å². The van der Waals surface area contributed by atoms with Crippen molar-refractivity contribution in [2.45, 2.75) is 40.2 Å². The van der Waals surface area contributed by atoms with Crippen LogP contribution >= 0.6 is 0 Å². The molecule has 2 heteroatoms. The van der Waals surface area contributed by atoms with E-state index in [4.69, 9.17) is 0 Å². The molecule has 2 nitrogen and oxygen atoms in total. The lowest BCUT2D eigenvalue weighted by Crippen LogP contribution is -1.95. The summed E-state index contributed by atoms with van der Waals surface area (Å²) < 4.78 is 0. The lowest BCUT2D eigenvalue weighted by Gasteiger charge is -2.11. The third kappa shape index (κ3) is 3.84. The van der Waals surface area contributed by atoms with E-state index in [0.717, 1.165) is 22.3 Å². The number of aliphatic hydroxyl groups is 1. The summed E-state index contributed by atoms with van der Waals surface area (Å²) in [4.78, 5) is 0. The van der Waals surface area contributed by atoms with Gasteiger partial charge in [-0.3, -0.25) is 0 Å². The number of phenols is 1. The maximum Gasteiger partial charge on any atom is 0.115 e. The number of hydrogen-bond acceptors (Lipinski definition) is 2. The molecule has 0 radical (unpaired) electrons. The van der Waals surface area contributed by atoms with Crippen molar-refractivity contribution in [1.29, 1.82) is 0 Å². The molecule has 0 aliphatic heterocycles. The van der Waals surface area contributed by atoms with Gasteiger partial charge in [0.15, 0.2) is 0 Å². The van der Waals surface area contributed by atoms with Crippen molar-refractivity contribution in [2.24, 2.45) is 0 Å². The van der Waals surface area contributed by atoms with E-state index in [1.54, 1.807) is 12.1 Å². The van der Waals surface area contributed by atoms with Crippen LogP contribution in [-0.4, -0.2) is 10.2 Å². The van der Waals surface area contributed by atoms with Crippen LogP contribution in [0.15, 0.2) is 42.5 Å². The topological polar surface area (TPSA) is 40.5 Å². The van der Waals surface area contributed by atoms with Gasteiger partial charge in [0.05, 0.1) is 6.10 Å². The molecule has 1 atom stereocenters. The molecule has 0 amide bonds. The Bertz CT molecular complexity index is 547. The molecule has 20 heavy (non-hydrogen) atoms. The molecule has 2 aromatic carbocycles. The average Bonchev–Trinajstić information content (AvgIpc) is 2.48. The van der Waals surface area contributed by atoms with Crippen LogP contribution in [0.5, 0.6) is 5.75 Å². The Labute approximate surface area is 121 Å². The fraction of sp³-hybridized carbons (Fsp3) is 0.333. The third-order valence-electron chi connectivity index (χ3n) is 3.18. The summed E-state index contributed by atoms with van der Waals surface area (Å²) in [7, 11) is 0. The number of phenolic OH excluding ortho intramolecular Hbond substituents is 1. The fourth-order valence-electron chi connectivity index (χ4n) is 2.12. The molecule has 1 unspecified atom stereocenters. The number of benzene rings is 2. The second kappa shape index (κ2) is 7.71. The highest BCUT2D eigenvalue weighted by molar-refractivity contribution is 5.68. The average molecular weight is 272 g/mol. The molecule has 0 aliphatic carbocycles. The first-order valence-corrected chi connectivity index (χ1v) is 7.20. The van der Waals surface area contributed by atoms with Gasteiger partial charge in [0.2, 0.25) is 0 Å². The van der Waals surface area contributed by atoms with Gasteiger partial charge >= 0.3 is 0 Å². The molecular weight excluding hydrogens is 248 g/mol. The van der Waals surface area contributed by atoms with Crippen molar-refractivity contribution >= 4 is 0 Å². The molecule has 0 saturated carbocycles. The van der Waals surface area contributed by atoms with E-state index in [1.165, 1.54) is 0 Å². The van der Waals surface area contributed by atoms with Crippen LogP contribution in [-0.2, 0) is 0 Å². The summed E-state index contributed by atoms with van der Waals surface area (Å²) in [5, 5.41) is 19.3. The molecule has 2 rings (SSSR count). The lowest BCUT2D eigenvalue weighted by molar-refractivity contribution is 0.174. The third-order valence-corrected chi connectivity index (χ3v) is 3.18. The number of rotatable bonds is 3. The molecule has 0 aromatic heterocycles. The molecule has 108 valence electrons. The van der Waals surface area contributed by atoms with Crippen LogP contribution in [0.3, 0.4) is 0 Å². The summed E-state index contributed by atoms with van der Waals surface area (Å²) in [6.45, 7) is 7.93. The van der Waals surface area contributed by atoms with Gasteiger partial charge < -0.3 is 10.2 Å². The maximum absolute atomic E-state index is 9.87. The highest BCUT2D eigenvalue weighted by atomic mass is 16.3. The molecule has 0 fully saturated rings. The summed E-state index contributed by atoms with van der Waals surface area (Å²) in [5.41, 5.74) is 4.11. The Morgan fingerprint density at radius 2 is 1.75 bits per heavy atom. The van der Waals surface area contributed by atoms with Crippen molar-refractivity contribution in [3.05, 3.63) is 53.6 Å². The van der Waals surface area contributed by atoms with Crippen molar-refractivity contribution < 1.29 is 10.2 Å². The maximum atomic E-state index is 9.87. The van der Waals surface area contributed by atoms with E-state index < -0.39 is 6.10 Å². The first-order chi connectivity index (χ1) is 9.61. The molecule has 0 bridgehead atoms. The molecule has 0 heterocycles. The Balaban J connectivity index is 0.000000956. The predicted octanol–water partition coefficient (Wildman–Crippen LogP) is 4.84. The van der Waals surface area contributed by atoms with Crippen molar-refractivity contribution in [3.8, 4) is 16.9 Å². The quantitative estimate of drug-likeness (QED) is 0.839. The van der Waals surface area contributed by atoms with Crippen molar-refractivity contribution in [1.82, 2.24) is 0 Å². The Morgan fingerprint density at radius 3 is 2.35 bits per heavy atom. The number of hydrogen-bond donors (Lipinski definition) is 2. The number of aryl methyl sites for hydroxylation is 1. The largest absolute Gasteiger partial charge is 0.508 e. The summed E-state index contributed by atoms with van der Waals surface area (Å²) in [6, 6.07) is 13.3. The second-order valence-electron chi connectivity index (χ2n) is 4.55. The van der Waals surface area contributed by atoms with E-state index in [0.29, 0.717) is 6.42 Å². The van der Waals surface area contributed by atoms with E-state index >= 15 is 0 Å². The van der Waals surface area contributed by atoms with Gasteiger partial charge in [-0.1, -0.05) is 45.0 Å². The molecular formula is C18H24O2. The summed E-state index contributed by atoms with van der Waals surface area (Å²) in [5.74, 6) is 0.279. The monoisotopic (exact) mass is 272 g/mol. The van der Waals surface area contributed by atoms with E-state index in [-0.39, 0.29) is 5.75 Å². The number of aromatic hydroxyl groups is 1. The highest BCUT2D eigenvalue weighted by Gasteiger charge is 2.07. The van der Waals surface area contributed by atoms with Crippen LogP contribution < -0.4 is 0 Å². The minimum absolute atomic E-state index is 0.279. The van der Waals surface area contributed by atoms with Crippen molar-refractivity contribution in [2.75, 3.05) is 0 Å². The zero-order valence-corrected chi connectivity index (χ0v) is 12.7. The van der Waals surface area contributed by atoms with Gasteiger partial charge in [-0.05, 0) is 53.8 Å². The van der Waals surface area contributed by atoms with Gasteiger partial charge in [0, 0.05) is 0 Å². The molecule has 2 N–H and O–H groups in total. The standard InChI is InChI=1S/C16H18O2.C2H6/c1-3-16(18)13-6-4-5-12(10-13)15-8-7-14(17)9-11(15)2;1-2/h4-10,16-18H,3H2,1-2H3;1-2H3. The zero-order chi connectivity index (χ0) is 15.1.